The summed E-state index contributed by atoms with van der Waals surface area (Å²) in [6.07, 6.45) is -0.611. The zero-order valence-corrected chi connectivity index (χ0v) is 16.7. The molecule has 8 nitrogen and oxygen atoms in total. The van der Waals surface area contributed by atoms with Crippen LogP contribution >= 0.6 is 0 Å². The van der Waals surface area contributed by atoms with Gasteiger partial charge in [0.25, 0.3) is 0 Å². The average molecular weight is 416 g/mol. The maximum Gasteiger partial charge on any atom is 0.411 e. The quantitative estimate of drug-likeness (QED) is 0.366. The van der Waals surface area contributed by atoms with Crippen LogP contribution in [-0.4, -0.2) is 29.2 Å². The third-order valence-electron chi connectivity index (χ3n) is 4.84. The summed E-state index contributed by atoms with van der Waals surface area (Å²) in [5, 5.41) is 17.3. The van der Waals surface area contributed by atoms with Crippen molar-refractivity contribution in [3.8, 4) is 0 Å². The number of fused-ring (bicyclic) bond motifs is 2. The van der Waals surface area contributed by atoms with Gasteiger partial charge in [0, 0.05) is 27.7 Å². The number of carbonyl (C=O) groups excluding carboxylic acids is 2. The molecule has 1 aromatic heterocycles. The van der Waals surface area contributed by atoms with Gasteiger partial charge in [-0.3, -0.25) is 10.1 Å². The van der Waals surface area contributed by atoms with E-state index in [2.05, 4.69) is 20.4 Å². The molecule has 0 atom stereocenters. The van der Waals surface area contributed by atoms with Crippen molar-refractivity contribution in [2.24, 2.45) is 5.73 Å². The number of rotatable bonds is 5. The fraction of sp³-hybridized carbons (Fsp3) is 0.0870. The molecule has 8 heteroatoms. The van der Waals surface area contributed by atoms with Crippen molar-refractivity contribution in [3.05, 3.63) is 71.8 Å². The number of methoxy groups -OCH3 is 1. The van der Waals surface area contributed by atoms with Crippen molar-refractivity contribution in [3.63, 3.8) is 0 Å². The minimum absolute atomic E-state index is 0.203. The monoisotopic (exact) mass is 416 g/mol. The first-order valence-electron chi connectivity index (χ1n) is 9.47. The average Bonchev–Trinajstić information content (AvgIpc) is 2.78. The molecule has 31 heavy (non-hydrogen) atoms. The zero-order chi connectivity index (χ0) is 22.0. The van der Waals surface area contributed by atoms with Crippen LogP contribution in [0.5, 0.6) is 0 Å². The van der Waals surface area contributed by atoms with Crippen LogP contribution in [0.3, 0.4) is 0 Å². The van der Waals surface area contributed by atoms with E-state index in [1.54, 1.807) is 36.4 Å². The van der Waals surface area contributed by atoms with Gasteiger partial charge in [-0.2, -0.15) is 0 Å². The lowest BCUT2D eigenvalue weighted by Crippen LogP contribution is -2.11. The van der Waals surface area contributed by atoms with Crippen LogP contribution in [0, 0.1) is 0 Å². The van der Waals surface area contributed by atoms with Crippen LogP contribution in [0.4, 0.5) is 21.9 Å². The maximum atomic E-state index is 11.6. The molecule has 0 aliphatic carbocycles. The van der Waals surface area contributed by atoms with Crippen LogP contribution in [0.25, 0.3) is 21.8 Å². The third-order valence-corrected chi connectivity index (χ3v) is 4.84. The first-order valence-corrected chi connectivity index (χ1v) is 9.47. The molecule has 0 aliphatic rings. The number of ether oxygens (including phenoxy) is 1. The summed E-state index contributed by atoms with van der Waals surface area (Å²) in [5.41, 5.74) is 9.65. The second-order valence-electron chi connectivity index (χ2n) is 6.92. The molecule has 0 unspecified atom stereocenters. The molecule has 4 aromatic rings. The number of anilines is 3. The molecule has 0 aliphatic heterocycles. The Bertz CT molecular complexity index is 1320. The van der Waals surface area contributed by atoms with Crippen molar-refractivity contribution in [1.82, 2.24) is 4.98 Å². The minimum Gasteiger partial charge on any atom is -0.453 e. The van der Waals surface area contributed by atoms with Crippen molar-refractivity contribution >= 4 is 50.9 Å². The molecular formula is C23H20N4O4. The van der Waals surface area contributed by atoms with Crippen molar-refractivity contribution in [2.45, 2.75) is 6.61 Å². The van der Waals surface area contributed by atoms with Crippen LogP contribution < -0.4 is 16.4 Å². The summed E-state index contributed by atoms with van der Waals surface area (Å²) in [7, 11) is 1.28. The van der Waals surface area contributed by atoms with E-state index >= 15 is 0 Å². The fourth-order valence-electron chi connectivity index (χ4n) is 3.42. The molecule has 0 saturated heterocycles. The third kappa shape index (κ3) is 4.10. The van der Waals surface area contributed by atoms with Crippen LogP contribution in [-0.2, 0) is 11.3 Å². The first-order chi connectivity index (χ1) is 15.0. The highest BCUT2D eigenvalue weighted by Crippen LogP contribution is 2.34. The normalized spacial score (nSPS) is 10.8. The number of primary amides is 1. The lowest BCUT2D eigenvalue weighted by Gasteiger charge is -2.16. The highest BCUT2D eigenvalue weighted by atomic mass is 16.5. The Kier molecular flexibility index (Phi) is 5.38. The number of benzene rings is 3. The van der Waals surface area contributed by atoms with Gasteiger partial charge >= 0.3 is 6.09 Å². The van der Waals surface area contributed by atoms with Crippen molar-refractivity contribution < 1.29 is 19.4 Å². The summed E-state index contributed by atoms with van der Waals surface area (Å²) < 4.78 is 4.65. The predicted molar refractivity (Wildman–Crippen MR) is 119 cm³/mol. The SMILES string of the molecule is COC(=O)Nc1cc(CO)cc(Nc2c3ccccc3nc3cc(C(N)=O)ccc23)c1. The van der Waals surface area contributed by atoms with Gasteiger partial charge in [-0.25, -0.2) is 9.78 Å². The number of aromatic nitrogens is 1. The number of aliphatic hydroxyl groups excluding tert-OH is 1. The number of para-hydroxylation sites is 1. The minimum atomic E-state index is -0.611. The number of nitrogens with one attached hydrogen (secondary N) is 2. The van der Waals surface area contributed by atoms with Gasteiger partial charge in [-0.15, -0.1) is 0 Å². The Morgan fingerprint density at radius 3 is 2.48 bits per heavy atom. The highest BCUT2D eigenvalue weighted by molar-refractivity contribution is 6.10. The molecule has 0 spiro atoms. The van der Waals surface area contributed by atoms with Crippen LogP contribution in [0.15, 0.2) is 60.7 Å². The van der Waals surface area contributed by atoms with Crippen LogP contribution in [0.2, 0.25) is 0 Å². The molecular weight excluding hydrogens is 396 g/mol. The van der Waals surface area contributed by atoms with Crippen molar-refractivity contribution in [2.75, 3.05) is 17.7 Å². The molecule has 0 bridgehead atoms. The summed E-state index contributed by atoms with van der Waals surface area (Å²) in [4.78, 5) is 27.9. The lowest BCUT2D eigenvalue weighted by molar-refractivity contribution is 0.100. The van der Waals surface area contributed by atoms with E-state index in [9.17, 15) is 14.7 Å². The van der Waals surface area contributed by atoms with E-state index in [1.165, 1.54) is 7.11 Å². The maximum absolute atomic E-state index is 11.6. The van der Waals surface area contributed by atoms with E-state index in [4.69, 9.17) is 5.73 Å². The Balaban J connectivity index is 1.88. The second kappa shape index (κ2) is 8.29. The Morgan fingerprint density at radius 2 is 1.74 bits per heavy atom. The first kappa shape index (κ1) is 20.1. The van der Waals surface area contributed by atoms with E-state index in [0.29, 0.717) is 28.0 Å². The summed E-state index contributed by atoms with van der Waals surface area (Å²) in [6, 6.07) is 17.9. The van der Waals surface area contributed by atoms with E-state index in [-0.39, 0.29) is 6.61 Å². The van der Waals surface area contributed by atoms with E-state index in [0.717, 1.165) is 22.0 Å². The highest BCUT2D eigenvalue weighted by Gasteiger charge is 2.13. The van der Waals surface area contributed by atoms with Gasteiger partial charge in [0.1, 0.15) is 0 Å². The number of aliphatic hydroxyl groups is 1. The Labute approximate surface area is 177 Å². The topological polar surface area (TPSA) is 127 Å². The zero-order valence-electron chi connectivity index (χ0n) is 16.7. The Hall–Kier alpha value is -4.17. The van der Waals surface area contributed by atoms with E-state index in [1.807, 2.05) is 24.3 Å². The van der Waals surface area contributed by atoms with Gasteiger partial charge < -0.3 is 20.9 Å². The summed E-state index contributed by atoms with van der Waals surface area (Å²) in [6.45, 7) is -0.203. The number of hydrogen-bond acceptors (Lipinski definition) is 6. The number of hydrogen-bond donors (Lipinski definition) is 4. The number of nitrogens with two attached hydrogens (primary N) is 1. The number of amides is 2. The summed E-state index contributed by atoms with van der Waals surface area (Å²) in [5.74, 6) is -0.527. The molecule has 156 valence electrons. The van der Waals surface area contributed by atoms with Gasteiger partial charge in [0.05, 0.1) is 30.4 Å². The molecule has 0 fully saturated rings. The largest absolute Gasteiger partial charge is 0.453 e. The lowest BCUT2D eigenvalue weighted by atomic mass is 10.0. The smallest absolute Gasteiger partial charge is 0.411 e. The number of carbonyl (C=O) groups is 2. The standard InChI is InChI=1S/C23H20N4O4/c1-31-23(30)26-16-9-13(12-28)8-15(11-16)25-21-17-4-2-3-5-19(17)27-20-10-14(22(24)29)6-7-18(20)21/h2-11,28H,12H2,1H3,(H2,24,29)(H,25,27)(H,26,30). The molecule has 3 aromatic carbocycles. The van der Waals surface area contributed by atoms with Crippen molar-refractivity contribution in [1.29, 1.82) is 0 Å². The second-order valence-corrected chi connectivity index (χ2v) is 6.92. The molecule has 0 saturated carbocycles. The predicted octanol–water partition coefficient (Wildman–Crippen LogP) is 3.90. The number of pyridine rings is 1. The van der Waals surface area contributed by atoms with Gasteiger partial charge in [0.2, 0.25) is 5.91 Å². The van der Waals surface area contributed by atoms with Gasteiger partial charge in [0.15, 0.2) is 0 Å². The van der Waals surface area contributed by atoms with Gasteiger partial charge in [-0.05, 0) is 48.0 Å². The molecule has 2 amide bonds. The molecule has 0 radical (unpaired) electrons. The molecule has 1 heterocycles. The molecule has 4 rings (SSSR count). The van der Waals surface area contributed by atoms with Crippen LogP contribution in [0.1, 0.15) is 15.9 Å². The Morgan fingerprint density at radius 1 is 1.00 bits per heavy atom. The molecule has 5 N–H and O–H groups in total. The van der Waals surface area contributed by atoms with E-state index < -0.39 is 12.0 Å². The summed E-state index contributed by atoms with van der Waals surface area (Å²) >= 11 is 0. The number of nitrogens with zero attached hydrogens (tertiary/aromatic N) is 1. The van der Waals surface area contributed by atoms with Gasteiger partial charge in [-0.1, -0.05) is 18.2 Å². The fourth-order valence-corrected chi connectivity index (χ4v) is 3.42.